The van der Waals surface area contributed by atoms with Crippen LogP contribution in [0.3, 0.4) is 0 Å². The third-order valence-corrected chi connectivity index (χ3v) is 4.62. The highest BCUT2D eigenvalue weighted by Crippen LogP contribution is 2.31. The molecule has 1 fully saturated rings. The molecule has 0 atom stereocenters. The minimum absolute atomic E-state index is 0.139. The summed E-state index contributed by atoms with van der Waals surface area (Å²) in [5, 5.41) is 2.52. The standard InChI is InChI=1S/C14H20N2O4S/c1-14(2,3)11-8-10(15-9-17)12(20-11)13(18)16-4-6-21(19)7-5-16/h8-9H,4-7H2,1-3H3,(H,15,17). The first-order valence-electron chi connectivity index (χ1n) is 6.81. The summed E-state index contributed by atoms with van der Waals surface area (Å²) in [4.78, 5) is 24.8. The van der Waals surface area contributed by atoms with Crippen molar-refractivity contribution in [2.75, 3.05) is 29.9 Å². The van der Waals surface area contributed by atoms with Crippen LogP contribution in [0.2, 0.25) is 0 Å². The van der Waals surface area contributed by atoms with Gasteiger partial charge in [-0.25, -0.2) is 0 Å². The first-order chi connectivity index (χ1) is 9.82. The summed E-state index contributed by atoms with van der Waals surface area (Å²) in [7, 11) is -0.848. The SMILES string of the molecule is CC(C)(C)c1cc(NC=O)c(C(=O)N2CCS(=O)CC2)o1. The van der Waals surface area contributed by atoms with Gasteiger partial charge in [0.05, 0.1) is 5.69 Å². The highest BCUT2D eigenvalue weighted by atomic mass is 32.2. The molecule has 0 saturated carbocycles. The average Bonchev–Trinajstić information content (AvgIpc) is 2.83. The Morgan fingerprint density at radius 3 is 2.52 bits per heavy atom. The molecule has 6 nitrogen and oxygen atoms in total. The van der Waals surface area contributed by atoms with E-state index >= 15 is 0 Å². The van der Waals surface area contributed by atoms with Crippen molar-refractivity contribution >= 4 is 28.8 Å². The highest BCUT2D eigenvalue weighted by molar-refractivity contribution is 7.85. The zero-order valence-corrected chi connectivity index (χ0v) is 13.3. The van der Waals surface area contributed by atoms with Gasteiger partial charge in [-0.2, -0.15) is 0 Å². The molecule has 0 aliphatic carbocycles. The lowest BCUT2D eigenvalue weighted by Gasteiger charge is -2.25. The number of nitrogens with zero attached hydrogens (tertiary/aromatic N) is 1. The fourth-order valence-corrected chi connectivity index (χ4v) is 3.13. The molecular weight excluding hydrogens is 292 g/mol. The monoisotopic (exact) mass is 312 g/mol. The maximum atomic E-state index is 12.5. The fourth-order valence-electron chi connectivity index (χ4n) is 2.07. The van der Waals surface area contributed by atoms with E-state index in [0.29, 0.717) is 42.5 Å². The number of furan rings is 1. The molecule has 7 heteroatoms. The molecule has 0 radical (unpaired) electrons. The largest absolute Gasteiger partial charge is 0.453 e. The van der Waals surface area contributed by atoms with E-state index in [-0.39, 0.29) is 17.1 Å². The van der Waals surface area contributed by atoms with Crippen molar-refractivity contribution in [2.24, 2.45) is 0 Å². The smallest absolute Gasteiger partial charge is 0.291 e. The molecule has 0 unspecified atom stereocenters. The summed E-state index contributed by atoms with van der Waals surface area (Å²) in [6.45, 7) is 6.79. The average molecular weight is 312 g/mol. The van der Waals surface area contributed by atoms with Crippen molar-refractivity contribution in [3.63, 3.8) is 0 Å². The highest BCUT2D eigenvalue weighted by Gasteiger charge is 2.29. The van der Waals surface area contributed by atoms with Crippen LogP contribution >= 0.6 is 0 Å². The van der Waals surface area contributed by atoms with Crippen molar-refractivity contribution in [2.45, 2.75) is 26.2 Å². The van der Waals surface area contributed by atoms with Gasteiger partial charge >= 0.3 is 0 Å². The molecule has 1 aliphatic rings. The Balaban J connectivity index is 2.28. The van der Waals surface area contributed by atoms with E-state index in [1.54, 1.807) is 11.0 Å². The van der Waals surface area contributed by atoms with Crippen LogP contribution in [0.15, 0.2) is 10.5 Å². The fraction of sp³-hybridized carbons (Fsp3) is 0.571. The van der Waals surface area contributed by atoms with Gasteiger partial charge in [0.25, 0.3) is 5.91 Å². The van der Waals surface area contributed by atoms with Crippen LogP contribution < -0.4 is 5.32 Å². The van der Waals surface area contributed by atoms with E-state index in [0.717, 1.165) is 0 Å². The Hall–Kier alpha value is -1.63. The number of carbonyl (C=O) groups is 2. The molecule has 1 N–H and O–H groups in total. The van der Waals surface area contributed by atoms with Gasteiger partial charge in [0, 0.05) is 46.9 Å². The summed E-state index contributed by atoms with van der Waals surface area (Å²) >= 11 is 0. The van der Waals surface area contributed by atoms with E-state index in [2.05, 4.69) is 5.32 Å². The summed E-state index contributed by atoms with van der Waals surface area (Å²) in [6, 6.07) is 1.68. The lowest BCUT2D eigenvalue weighted by molar-refractivity contribution is -0.105. The molecule has 1 aliphatic heterocycles. The van der Waals surface area contributed by atoms with Crippen molar-refractivity contribution < 1.29 is 18.2 Å². The molecule has 2 heterocycles. The van der Waals surface area contributed by atoms with Crippen LogP contribution in [0.5, 0.6) is 0 Å². The van der Waals surface area contributed by atoms with Gasteiger partial charge in [0.2, 0.25) is 12.2 Å². The molecule has 0 bridgehead atoms. The normalized spacial score (nSPS) is 16.8. The first kappa shape index (κ1) is 15.8. The Labute approximate surface area is 126 Å². The van der Waals surface area contributed by atoms with E-state index < -0.39 is 10.8 Å². The number of nitrogens with one attached hydrogen (secondary N) is 1. The number of anilines is 1. The van der Waals surface area contributed by atoms with E-state index in [1.807, 2.05) is 20.8 Å². The van der Waals surface area contributed by atoms with E-state index in [1.165, 1.54) is 0 Å². The minimum atomic E-state index is -0.848. The summed E-state index contributed by atoms with van der Waals surface area (Å²) in [5.41, 5.74) is 0.118. The molecule has 0 aromatic carbocycles. The zero-order chi connectivity index (χ0) is 15.6. The summed E-state index contributed by atoms with van der Waals surface area (Å²) in [5.74, 6) is 1.46. The zero-order valence-electron chi connectivity index (χ0n) is 12.5. The summed E-state index contributed by atoms with van der Waals surface area (Å²) < 4.78 is 17.0. The third-order valence-electron chi connectivity index (χ3n) is 3.34. The van der Waals surface area contributed by atoms with Gasteiger partial charge in [0.1, 0.15) is 5.76 Å². The van der Waals surface area contributed by atoms with Crippen molar-refractivity contribution in [3.8, 4) is 0 Å². The maximum absolute atomic E-state index is 12.5. The molecule has 116 valence electrons. The Morgan fingerprint density at radius 2 is 2.00 bits per heavy atom. The van der Waals surface area contributed by atoms with E-state index in [4.69, 9.17) is 4.42 Å². The summed E-state index contributed by atoms with van der Waals surface area (Å²) in [6.07, 6.45) is 0.527. The van der Waals surface area contributed by atoms with Crippen LogP contribution in [0, 0.1) is 0 Å². The van der Waals surface area contributed by atoms with Crippen LogP contribution in [0.25, 0.3) is 0 Å². The van der Waals surface area contributed by atoms with Crippen LogP contribution in [-0.2, 0) is 21.0 Å². The number of hydrogen-bond acceptors (Lipinski definition) is 4. The lowest BCUT2D eigenvalue weighted by atomic mass is 9.93. The van der Waals surface area contributed by atoms with E-state index in [9.17, 15) is 13.8 Å². The van der Waals surface area contributed by atoms with Gasteiger partial charge < -0.3 is 14.6 Å². The van der Waals surface area contributed by atoms with Crippen LogP contribution in [0.4, 0.5) is 5.69 Å². The number of hydrogen-bond donors (Lipinski definition) is 1. The van der Waals surface area contributed by atoms with Gasteiger partial charge in [0.15, 0.2) is 0 Å². The third kappa shape index (κ3) is 3.53. The van der Waals surface area contributed by atoms with Crippen LogP contribution in [-0.4, -0.2) is 46.0 Å². The predicted octanol–water partition coefficient (Wildman–Crippen LogP) is 1.35. The van der Waals surface area contributed by atoms with Gasteiger partial charge in [-0.05, 0) is 0 Å². The molecule has 1 aromatic heterocycles. The number of carbonyl (C=O) groups excluding carboxylic acids is 2. The molecule has 1 saturated heterocycles. The van der Waals surface area contributed by atoms with Crippen molar-refractivity contribution in [1.29, 1.82) is 0 Å². The first-order valence-corrected chi connectivity index (χ1v) is 8.30. The molecule has 2 amide bonds. The minimum Gasteiger partial charge on any atom is -0.453 e. The Morgan fingerprint density at radius 1 is 1.38 bits per heavy atom. The quantitative estimate of drug-likeness (QED) is 0.854. The second kappa shape index (κ2) is 6.01. The maximum Gasteiger partial charge on any atom is 0.291 e. The molecule has 0 spiro atoms. The topological polar surface area (TPSA) is 79.6 Å². The van der Waals surface area contributed by atoms with Gasteiger partial charge in [-0.1, -0.05) is 20.8 Å². The van der Waals surface area contributed by atoms with Crippen LogP contribution in [0.1, 0.15) is 37.1 Å². The Bertz CT molecular complexity index is 564. The van der Waals surface area contributed by atoms with Gasteiger partial charge in [-0.3, -0.25) is 13.8 Å². The van der Waals surface area contributed by atoms with Crippen molar-refractivity contribution in [3.05, 3.63) is 17.6 Å². The second-order valence-corrected chi connectivity index (χ2v) is 7.70. The molecule has 1 aromatic rings. The molecular formula is C14H20N2O4S. The molecule has 21 heavy (non-hydrogen) atoms. The van der Waals surface area contributed by atoms with Gasteiger partial charge in [-0.15, -0.1) is 0 Å². The molecule has 2 rings (SSSR count). The Kier molecular flexibility index (Phi) is 4.51. The second-order valence-electron chi connectivity index (χ2n) is 6.01. The predicted molar refractivity (Wildman–Crippen MR) is 80.9 cm³/mol. The number of amides is 2. The van der Waals surface area contributed by atoms with Crippen molar-refractivity contribution in [1.82, 2.24) is 4.90 Å². The lowest BCUT2D eigenvalue weighted by Crippen LogP contribution is -2.41. The number of rotatable bonds is 3.